The third kappa shape index (κ3) is 4.40. The van der Waals surface area contributed by atoms with Gasteiger partial charge < -0.3 is 19.5 Å². The molecule has 0 aliphatic rings. The van der Waals surface area contributed by atoms with Crippen molar-refractivity contribution in [2.24, 2.45) is 0 Å². The van der Waals surface area contributed by atoms with Crippen molar-refractivity contribution in [1.82, 2.24) is 0 Å². The minimum absolute atomic E-state index is 0.231. The fraction of sp³-hybridized carbons (Fsp3) is 0.600. The Morgan fingerprint density at radius 1 is 1.26 bits per heavy atom. The van der Waals surface area contributed by atoms with E-state index in [4.69, 9.17) is 9.47 Å². The predicted molar refractivity (Wildman–Crippen MR) is 78.0 cm³/mol. The molecule has 4 nitrogen and oxygen atoms in total. The molecule has 0 spiro atoms. The molecular weight excluding hydrogens is 242 g/mol. The quantitative estimate of drug-likeness (QED) is 0.824. The first-order valence-corrected chi connectivity index (χ1v) is 6.65. The van der Waals surface area contributed by atoms with Crippen LogP contribution in [0.25, 0.3) is 0 Å². The summed E-state index contributed by atoms with van der Waals surface area (Å²) in [5.41, 5.74) is 1.79. The SMILES string of the molecule is COc1cccc(N(C)CCOC(C)C)c1C(C)O. The molecule has 0 bridgehead atoms. The Morgan fingerprint density at radius 2 is 1.95 bits per heavy atom. The molecule has 1 aromatic carbocycles. The lowest BCUT2D eigenvalue weighted by Gasteiger charge is -2.25. The average Bonchev–Trinajstić information content (AvgIpc) is 2.36. The van der Waals surface area contributed by atoms with Gasteiger partial charge in [0.15, 0.2) is 0 Å². The molecule has 4 heteroatoms. The van der Waals surface area contributed by atoms with Crippen LogP contribution in [0.1, 0.15) is 32.4 Å². The Morgan fingerprint density at radius 3 is 2.47 bits per heavy atom. The number of hydrogen-bond donors (Lipinski definition) is 1. The first-order valence-electron chi connectivity index (χ1n) is 6.65. The topological polar surface area (TPSA) is 41.9 Å². The Bertz CT molecular complexity index is 391. The summed E-state index contributed by atoms with van der Waals surface area (Å²) in [6.45, 7) is 7.22. The second kappa shape index (κ2) is 7.36. The van der Waals surface area contributed by atoms with Gasteiger partial charge in [0.05, 0.1) is 25.9 Å². The number of likely N-dealkylation sites (N-methyl/N-ethyl adjacent to an activating group) is 1. The van der Waals surface area contributed by atoms with Gasteiger partial charge in [-0.25, -0.2) is 0 Å². The molecule has 1 unspecified atom stereocenters. The molecular formula is C15H25NO3. The molecule has 0 heterocycles. The maximum Gasteiger partial charge on any atom is 0.126 e. The Kier molecular flexibility index (Phi) is 6.12. The third-order valence-corrected chi connectivity index (χ3v) is 2.97. The van der Waals surface area contributed by atoms with Crippen LogP contribution < -0.4 is 9.64 Å². The van der Waals surface area contributed by atoms with Gasteiger partial charge in [-0.2, -0.15) is 0 Å². The Balaban J connectivity index is 2.86. The van der Waals surface area contributed by atoms with E-state index >= 15 is 0 Å². The lowest BCUT2D eigenvalue weighted by atomic mass is 10.1. The smallest absolute Gasteiger partial charge is 0.126 e. The molecule has 0 radical (unpaired) electrons. The van der Waals surface area contributed by atoms with Crippen LogP contribution >= 0.6 is 0 Å². The minimum atomic E-state index is -0.570. The van der Waals surface area contributed by atoms with Gasteiger partial charge in [0.1, 0.15) is 5.75 Å². The monoisotopic (exact) mass is 267 g/mol. The second-order valence-electron chi connectivity index (χ2n) is 4.91. The zero-order valence-electron chi connectivity index (χ0n) is 12.5. The van der Waals surface area contributed by atoms with Crippen LogP contribution in [0.5, 0.6) is 5.75 Å². The summed E-state index contributed by atoms with van der Waals surface area (Å²) in [6.07, 6.45) is -0.338. The number of nitrogens with zero attached hydrogens (tertiary/aromatic N) is 1. The van der Waals surface area contributed by atoms with Gasteiger partial charge in [-0.15, -0.1) is 0 Å². The summed E-state index contributed by atoms with van der Waals surface area (Å²) in [5.74, 6) is 0.712. The van der Waals surface area contributed by atoms with Crippen LogP contribution in [0.4, 0.5) is 5.69 Å². The van der Waals surface area contributed by atoms with Crippen molar-refractivity contribution in [2.75, 3.05) is 32.2 Å². The normalized spacial score (nSPS) is 12.6. The van der Waals surface area contributed by atoms with E-state index in [0.29, 0.717) is 12.4 Å². The standard InChI is InChI=1S/C15H25NO3/c1-11(2)19-10-9-16(4)13-7-6-8-14(18-5)15(13)12(3)17/h6-8,11-12,17H,9-10H2,1-5H3. The maximum atomic E-state index is 9.94. The number of rotatable bonds is 7. The van der Waals surface area contributed by atoms with Crippen LogP contribution in [-0.2, 0) is 4.74 Å². The molecule has 0 saturated heterocycles. The molecule has 0 fully saturated rings. The molecule has 0 saturated carbocycles. The predicted octanol–water partition coefficient (Wildman–Crippen LogP) is 2.61. The number of ether oxygens (including phenoxy) is 2. The molecule has 108 valence electrons. The van der Waals surface area contributed by atoms with E-state index in [2.05, 4.69) is 4.90 Å². The van der Waals surface area contributed by atoms with Gasteiger partial charge in [0.25, 0.3) is 0 Å². The van der Waals surface area contributed by atoms with Crippen molar-refractivity contribution in [1.29, 1.82) is 0 Å². The molecule has 0 amide bonds. The van der Waals surface area contributed by atoms with Crippen LogP contribution in [0.3, 0.4) is 0 Å². The highest BCUT2D eigenvalue weighted by atomic mass is 16.5. The van der Waals surface area contributed by atoms with E-state index in [9.17, 15) is 5.11 Å². The maximum absolute atomic E-state index is 9.94. The molecule has 1 aromatic rings. The van der Waals surface area contributed by atoms with E-state index in [1.165, 1.54) is 0 Å². The van der Waals surface area contributed by atoms with Crippen molar-refractivity contribution < 1.29 is 14.6 Å². The van der Waals surface area contributed by atoms with Gasteiger partial charge in [-0.05, 0) is 32.9 Å². The second-order valence-corrected chi connectivity index (χ2v) is 4.91. The number of methoxy groups -OCH3 is 1. The Labute approximate surface area is 115 Å². The molecule has 1 N–H and O–H groups in total. The lowest BCUT2D eigenvalue weighted by Crippen LogP contribution is -2.25. The van der Waals surface area contributed by atoms with Crippen molar-refractivity contribution in [3.05, 3.63) is 23.8 Å². The van der Waals surface area contributed by atoms with E-state index in [1.807, 2.05) is 39.1 Å². The van der Waals surface area contributed by atoms with Crippen molar-refractivity contribution in [3.63, 3.8) is 0 Å². The minimum Gasteiger partial charge on any atom is -0.496 e. The van der Waals surface area contributed by atoms with Crippen LogP contribution in [-0.4, -0.2) is 38.5 Å². The summed E-state index contributed by atoms with van der Waals surface area (Å²) in [7, 11) is 3.61. The first kappa shape index (κ1) is 15.8. The molecule has 1 atom stereocenters. The van der Waals surface area contributed by atoms with Crippen molar-refractivity contribution in [2.45, 2.75) is 33.0 Å². The summed E-state index contributed by atoms with van der Waals surface area (Å²) < 4.78 is 10.9. The number of aliphatic hydroxyl groups is 1. The number of anilines is 1. The summed E-state index contributed by atoms with van der Waals surface area (Å²) in [4.78, 5) is 2.08. The van der Waals surface area contributed by atoms with Crippen molar-refractivity contribution >= 4 is 5.69 Å². The summed E-state index contributed by atoms with van der Waals surface area (Å²) in [5, 5.41) is 9.94. The van der Waals surface area contributed by atoms with E-state index in [1.54, 1.807) is 14.0 Å². The number of hydrogen-bond acceptors (Lipinski definition) is 4. The fourth-order valence-corrected chi connectivity index (χ4v) is 2.01. The van der Waals surface area contributed by atoms with Crippen LogP contribution in [0.15, 0.2) is 18.2 Å². The largest absolute Gasteiger partial charge is 0.496 e. The molecule has 0 aromatic heterocycles. The zero-order chi connectivity index (χ0) is 14.4. The summed E-state index contributed by atoms with van der Waals surface area (Å²) in [6, 6.07) is 5.78. The molecule has 0 aliphatic carbocycles. The van der Waals surface area contributed by atoms with E-state index in [-0.39, 0.29) is 6.10 Å². The average molecular weight is 267 g/mol. The van der Waals surface area contributed by atoms with Gasteiger partial charge in [-0.3, -0.25) is 0 Å². The zero-order valence-corrected chi connectivity index (χ0v) is 12.5. The van der Waals surface area contributed by atoms with Crippen molar-refractivity contribution in [3.8, 4) is 5.75 Å². The Hall–Kier alpha value is -1.26. The van der Waals surface area contributed by atoms with Gasteiger partial charge in [0.2, 0.25) is 0 Å². The summed E-state index contributed by atoms with van der Waals surface area (Å²) >= 11 is 0. The van der Waals surface area contributed by atoms with Gasteiger partial charge >= 0.3 is 0 Å². The molecule has 19 heavy (non-hydrogen) atoms. The number of benzene rings is 1. The molecule has 1 rings (SSSR count). The van der Waals surface area contributed by atoms with Crippen LogP contribution in [0.2, 0.25) is 0 Å². The fourth-order valence-electron chi connectivity index (χ4n) is 2.01. The van der Waals surface area contributed by atoms with Gasteiger partial charge in [0, 0.05) is 24.8 Å². The van der Waals surface area contributed by atoms with E-state index in [0.717, 1.165) is 17.8 Å². The third-order valence-electron chi connectivity index (χ3n) is 2.97. The van der Waals surface area contributed by atoms with Gasteiger partial charge in [-0.1, -0.05) is 6.07 Å². The highest BCUT2D eigenvalue weighted by Crippen LogP contribution is 2.33. The number of aliphatic hydroxyl groups excluding tert-OH is 1. The molecule has 0 aliphatic heterocycles. The highest BCUT2D eigenvalue weighted by molar-refractivity contribution is 5.60. The van der Waals surface area contributed by atoms with E-state index < -0.39 is 6.10 Å². The highest BCUT2D eigenvalue weighted by Gasteiger charge is 2.16. The van der Waals surface area contributed by atoms with Crippen LogP contribution in [0, 0.1) is 0 Å². The lowest BCUT2D eigenvalue weighted by molar-refractivity contribution is 0.0845. The first-order chi connectivity index (χ1) is 8.97.